The summed E-state index contributed by atoms with van der Waals surface area (Å²) in [6.45, 7) is 3.84. The van der Waals surface area contributed by atoms with Crippen LogP contribution in [0.5, 0.6) is 5.75 Å². The molecule has 3 aromatic carbocycles. The lowest BCUT2D eigenvalue weighted by molar-refractivity contribution is -0.385. The molecule has 0 atom stereocenters. The van der Waals surface area contributed by atoms with Gasteiger partial charge in [-0.1, -0.05) is 26.0 Å². The molecule has 0 unspecified atom stereocenters. The molecule has 32 heavy (non-hydrogen) atoms. The second kappa shape index (κ2) is 7.97. The molecule has 0 bridgehead atoms. The lowest BCUT2D eigenvalue weighted by Gasteiger charge is -2.23. The van der Waals surface area contributed by atoms with E-state index in [2.05, 4.69) is 10.6 Å². The number of amides is 1. The predicted octanol–water partition coefficient (Wildman–Crippen LogP) is 4.85. The van der Waals surface area contributed by atoms with Crippen LogP contribution in [0, 0.1) is 10.1 Å². The Hall–Kier alpha value is -3.91. The van der Waals surface area contributed by atoms with Gasteiger partial charge in [0.15, 0.2) is 5.75 Å². The molecule has 0 spiro atoms. The lowest BCUT2D eigenvalue weighted by atomic mass is 9.85. The van der Waals surface area contributed by atoms with Gasteiger partial charge in [-0.2, -0.15) is 0 Å². The number of carbonyl (C=O) groups is 1. The van der Waals surface area contributed by atoms with E-state index in [0.29, 0.717) is 16.9 Å². The third-order valence-electron chi connectivity index (χ3n) is 5.69. The number of aliphatic hydroxyl groups excluding tert-OH is 1. The summed E-state index contributed by atoms with van der Waals surface area (Å²) >= 11 is 0. The molecule has 4 rings (SSSR count). The van der Waals surface area contributed by atoms with Gasteiger partial charge in [0.1, 0.15) is 0 Å². The summed E-state index contributed by atoms with van der Waals surface area (Å²) in [5.41, 5.74) is 4.30. The quantitative estimate of drug-likeness (QED) is 0.392. The standard InChI is InChI=1S/C24H23N3O5/c1-24(2,13-28)16-6-8-18-20(12-16)26-23(29)17-7-4-14(10-19(17)25-18)15-5-9-21(27(30)31)22(11-15)32-3/h4-12,25,28H,13H2,1-3H3,(H,26,29). The topological polar surface area (TPSA) is 114 Å². The maximum absolute atomic E-state index is 12.9. The van der Waals surface area contributed by atoms with Gasteiger partial charge in [0.2, 0.25) is 0 Å². The van der Waals surface area contributed by atoms with Crippen molar-refractivity contribution < 1.29 is 19.6 Å². The van der Waals surface area contributed by atoms with Gasteiger partial charge in [-0.05, 0) is 53.1 Å². The summed E-state index contributed by atoms with van der Waals surface area (Å²) in [4.78, 5) is 23.6. The Morgan fingerprint density at radius 1 is 0.969 bits per heavy atom. The van der Waals surface area contributed by atoms with Gasteiger partial charge in [0.25, 0.3) is 5.91 Å². The zero-order valence-corrected chi connectivity index (χ0v) is 17.9. The van der Waals surface area contributed by atoms with E-state index < -0.39 is 10.3 Å². The molecule has 3 aromatic rings. The number of fused-ring (bicyclic) bond motifs is 2. The van der Waals surface area contributed by atoms with E-state index in [4.69, 9.17) is 4.74 Å². The summed E-state index contributed by atoms with van der Waals surface area (Å²) in [6, 6.07) is 15.6. The van der Waals surface area contributed by atoms with Gasteiger partial charge in [0.05, 0.1) is 41.3 Å². The fourth-order valence-electron chi connectivity index (χ4n) is 3.64. The van der Waals surface area contributed by atoms with E-state index in [0.717, 1.165) is 22.4 Å². The third-order valence-corrected chi connectivity index (χ3v) is 5.69. The van der Waals surface area contributed by atoms with Gasteiger partial charge in [-0.25, -0.2) is 0 Å². The summed E-state index contributed by atoms with van der Waals surface area (Å²) in [7, 11) is 1.39. The monoisotopic (exact) mass is 433 g/mol. The number of ether oxygens (including phenoxy) is 1. The van der Waals surface area contributed by atoms with Crippen molar-refractivity contribution >= 4 is 28.7 Å². The average molecular weight is 433 g/mol. The number of nitrogens with one attached hydrogen (secondary N) is 2. The van der Waals surface area contributed by atoms with E-state index in [1.165, 1.54) is 13.2 Å². The number of nitro benzene ring substituents is 1. The Labute approximate surface area is 185 Å². The van der Waals surface area contributed by atoms with Crippen molar-refractivity contribution in [2.75, 3.05) is 24.4 Å². The van der Waals surface area contributed by atoms with Crippen LogP contribution in [-0.2, 0) is 5.41 Å². The van der Waals surface area contributed by atoms with Crippen LogP contribution in [0.2, 0.25) is 0 Å². The van der Waals surface area contributed by atoms with Crippen LogP contribution in [0.1, 0.15) is 29.8 Å². The first kappa shape index (κ1) is 21.3. The smallest absolute Gasteiger partial charge is 0.310 e. The highest BCUT2D eigenvalue weighted by Gasteiger charge is 2.24. The molecule has 1 aliphatic rings. The Morgan fingerprint density at radius 2 is 1.69 bits per heavy atom. The van der Waals surface area contributed by atoms with Crippen LogP contribution in [0.15, 0.2) is 54.6 Å². The SMILES string of the molecule is COc1cc(-c2ccc3c(c2)Nc2ccc(C(C)(C)CO)cc2NC3=O)ccc1[N+](=O)[O-]. The van der Waals surface area contributed by atoms with Crippen molar-refractivity contribution in [1.82, 2.24) is 0 Å². The van der Waals surface area contributed by atoms with Crippen molar-refractivity contribution in [2.45, 2.75) is 19.3 Å². The first-order chi connectivity index (χ1) is 15.2. The highest BCUT2D eigenvalue weighted by atomic mass is 16.6. The Morgan fingerprint density at radius 3 is 2.38 bits per heavy atom. The third kappa shape index (κ3) is 3.76. The molecule has 1 aliphatic heterocycles. The number of aliphatic hydroxyl groups is 1. The second-order valence-electron chi connectivity index (χ2n) is 8.29. The summed E-state index contributed by atoms with van der Waals surface area (Å²) in [6.07, 6.45) is 0. The molecule has 0 aromatic heterocycles. The van der Waals surface area contributed by atoms with Crippen molar-refractivity contribution in [3.8, 4) is 16.9 Å². The molecule has 1 heterocycles. The van der Waals surface area contributed by atoms with Crippen LogP contribution in [-0.4, -0.2) is 29.7 Å². The van der Waals surface area contributed by atoms with E-state index in [9.17, 15) is 20.0 Å². The number of anilines is 3. The number of rotatable bonds is 5. The Balaban J connectivity index is 1.74. The molecule has 3 N–H and O–H groups in total. The van der Waals surface area contributed by atoms with Crippen LogP contribution < -0.4 is 15.4 Å². The molecule has 164 valence electrons. The highest BCUT2D eigenvalue weighted by molar-refractivity contribution is 6.12. The molecule has 8 nitrogen and oxygen atoms in total. The number of hydrogen-bond acceptors (Lipinski definition) is 6. The number of nitrogens with zero attached hydrogens (tertiary/aromatic N) is 1. The number of methoxy groups -OCH3 is 1. The van der Waals surface area contributed by atoms with Crippen molar-refractivity contribution in [3.05, 3.63) is 75.8 Å². The van der Waals surface area contributed by atoms with Crippen LogP contribution in [0.25, 0.3) is 11.1 Å². The molecule has 0 radical (unpaired) electrons. The number of carbonyl (C=O) groups excluding carboxylic acids is 1. The van der Waals surface area contributed by atoms with E-state index >= 15 is 0 Å². The van der Waals surface area contributed by atoms with Crippen molar-refractivity contribution in [3.63, 3.8) is 0 Å². The zero-order valence-electron chi connectivity index (χ0n) is 17.9. The first-order valence-corrected chi connectivity index (χ1v) is 10.0. The van der Waals surface area contributed by atoms with E-state index in [1.54, 1.807) is 24.3 Å². The maximum atomic E-state index is 12.9. The molecular weight excluding hydrogens is 410 g/mol. The van der Waals surface area contributed by atoms with Gasteiger partial charge in [-0.3, -0.25) is 14.9 Å². The minimum atomic E-state index is -0.491. The number of hydrogen-bond donors (Lipinski definition) is 3. The molecule has 0 fully saturated rings. The maximum Gasteiger partial charge on any atom is 0.310 e. The number of benzene rings is 3. The fraction of sp³-hybridized carbons (Fsp3) is 0.208. The lowest BCUT2D eigenvalue weighted by Crippen LogP contribution is -2.22. The van der Waals surface area contributed by atoms with Crippen LogP contribution >= 0.6 is 0 Å². The molecule has 1 amide bonds. The minimum Gasteiger partial charge on any atom is -0.490 e. The van der Waals surface area contributed by atoms with Crippen molar-refractivity contribution in [1.29, 1.82) is 0 Å². The van der Waals surface area contributed by atoms with Crippen LogP contribution in [0.4, 0.5) is 22.7 Å². The van der Waals surface area contributed by atoms with Crippen LogP contribution in [0.3, 0.4) is 0 Å². The molecule has 0 aliphatic carbocycles. The largest absolute Gasteiger partial charge is 0.490 e. The molecule has 8 heteroatoms. The highest BCUT2D eigenvalue weighted by Crippen LogP contribution is 2.38. The minimum absolute atomic E-state index is 0.0184. The summed E-state index contributed by atoms with van der Waals surface area (Å²) in [5.74, 6) is -0.0875. The molecule has 0 saturated carbocycles. The van der Waals surface area contributed by atoms with E-state index in [-0.39, 0.29) is 24.0 Å². The normalized spacial score (nSPS) is 12.7. The Kier molecular flexibility index (Phi) is 5.31. The first-order valence-electron chi connectivity index (χ1n) is 10.0. The second-order valence-corrected chi connectivity index (χ2v) is 8.29. The molecule has 0 saturated heterocycles. The van der Waals surface area contributed by atoms with Gasteiger partial charge in [-0.15, -0.1) is 0 Å². The Bertz CT molecular complexity index is 1240. The van der Waals surface area contributed by atoms with Crippen molar-refractivity contribution in [2.24, 2.45) is 0 Å². The zero-order chi connectivity index (χ0) is 23.0. The number of nitro groups is 1. The van der Waals surface area contributed by atoms with Gasteiger partial charge < -0.3 is 20.5 Å². The predicted molar refractivity (Wildman–Crippen MR) is 123 cm³/mol. The van der Waals surface area contributed by atoms with Gasteiger partial charge >= 0.3 is 5.69 Å². The van der Waals surface area contributed by atoms with Gasteiger partial charge in [0, 0.05) is 11.5 Å². The summed E-state index contributed by atoms with van der Waals surface area (Å²) < 4.78 is 5.17. The molecular formula is C24H23N3O5. The fourth-order valence-corrected chi connectivity index (χ4v) is 3.64. The van der Waals surface area contributed by atoms with E-state index in [1.807, 2.05) is 38.1 Å². The summed E-state index contributed by atoms with van der Waals surface area (Å²) in [5, 5.41) is 27.1. The average Bonchev–Trinajstić information content (AvgIpc) is 2.93.